The van der Waals surface area contributed by atoms with Crippen molar-refractivity contribution < 1.29 is 8.78 Å². The van der Waals surface area contributed by atoms with E-state index < -0.39 is 11.6 Å². The Balaban J connectivity index is 2.30. The highest BCUT2D eigenvalue weighted by molar-refractivity contribution is 5.40. The van der Waals surface area contributed by atoms with Crippen LogP contribution in [0.5, 0.6) is 0 Å². The Hall–Kier alpha value is -2.21. The van der Waals surface area contributed by atoms with Crippen LogP contribution in [0, 0.1) is 30.4 Å². The number of pyridine rings is 1. The first kappa shape index (κ1) is 11.3. The predicted octanol–water partition coefficient (Wildman–Crippen LogP) is 3.07. The van der Waals surface area contributed by atoms with E-state index in [1.54, 1.807) is 6.07 Å². The average Bonchev–Trinajstić information content (AvgIpc) is 2.31. The molecule has 0 saturated carbocycles. The highest BCUT2D eigenvalue weighted by Gasteiger charge is 1.99. The number of hydrogen-bond donors (Lipinski definition) is 0. The number of rotatable bonds is 0. The van der Waals surface area contributed by atoms with Gasteiger partial charge in [-0.3, -0.25) is 0 Å². The van der Waals surface area contributed by atoms with Crippen LogP contribution in [0.25, 0.3) is 0 Å². The molecule has 0 bridgehead atoms. The first-order chi connectivity index (χ1) is 8.15. The molecule has 1 nitrogen and oxygen atoms in total. The molecule has 0 N–H and O–H groups in total. The van der Waals surface area contributed by atoms with Gasteiger partial charge in [-0.05, 0) is 43.2 Å². The third kappa shape index (κ3) is 2.88. The largest absolute Gasteiger partial charge is 0.245 e. The van der Waals surface area contributed by atoms with E-state index in [2.05, 4.69) is 16.8 Å². The molecule has 0 atom stereocenters. The Morgan fingerprint density at radius 1 is 1.00 bits per heavy atom. The molecule has 17 heavy (non-hydrogen) atoms. The van der Waals surface area contributed by atoms with Crippen LogP contribution < -0.4 is 0 Å². The molecule has 0 radical (unpaired) electrons. The van der Waals surface area contributed by atoms with E-state index in [1.807, 2.05) is 19.1 Å². The van der Waals surface area contributed by atoms with E-state index in [9.17, 15) is 8.78 Å². The maximum atomic E-state index is 12.9. The third-order valence-electron chi connectivity index (χ3n) is 2.14. The van der Waals surface area contributed by atoms with Crippen LogP contribution in [0.3, 0.4) is 0 Å². The molecule has 0 spiro atoms. The highest BCUT2D eigenvalue weighted by Crippen LogP contribution is 2.07. The third-order valence-corrected chi connectivity index (χ3v) is 2.14. The number of halogens is 2. The molecule has 3 heteroatoms. The molecule has 1 aromatic carbocycles. The lowest BCUT2D eigenvalue weighted by Gasteiger charge is -1.94. The second-order valence-electron chi connectivity index (χ2n) is 3.54. The van der Waals surface area contributed by atoms with Gasteiger partial charge in [-0.1, -0.05) is 12.0 Å². The molecule has 0 aliphatic heterocycles. The summed E-state index contributed by atoms with van der Waals surface area (Å²) in [6, 6.07) is 9.03. The fourth-order valence-corrected chi connectivity index (χ4v) is 1.32. The summed E-state index contributed by atoms with van der Waals surface area (Å²) in [5.41, 5.74) is 1.89. The number of benzene rings is 1. The maximum absolute atomic E-state index is 12.9. The van der Waals surface area contributed by atoms with Crippen molar-refractivity contribution >= 4 is 0 Å². The van der Waals surface area contributed by atoms with Crippen molar-refractivity contribution in [2.45, 2.75) is 6.92 Å². The molecule has 0 aliphatic carbocycles. The van der Waals surface area contributed by atoms with Crippen LogP contribution >= 0.6 is 0 Å². The summed E-state index contributed by atoms with van der Waals surface area (Å²) in [4.78, 5) is 4.19. The number of nitrogens with zero attached hydrogens (tertiary/aromatic N) is 1. The van der Waals surface area contributed by atoms with Gasteiger partial charge in [-0.15, -0.1) is 0 Å². The quantitative estimate of drug-likeness (QED) is 0.633. The van der Waals surface area contributed by atoms with E-state index in [4.69, 9.17) is 0 Å². The lowest BCUT2D eigenvalue weighted by molar-refractivity contribution is 0.508. The van der Waals surface area contributed by atoms with Crippen LogP contribution in [0.15, 0.2) is 36.4 Å². The first-order valence-corrected chi connectivity index (χ1v) is 5.06. The Labute approximate surface area is 98.1 Å². The minimum Gasteiger partial charge on any atom is -0.245 e. The minimum absolute atomic E-state index is 0.423. The molecule has 0 aliphatic rings. The normalized spacial score (nSPS) is 9.59. The lowest BCUT2D eigenvalue weighted by Crippen LogP contribution is -1.86. The molecule has 0 amide bonds. The molecule has 0 fully saturated rings. The van der Waals surface area contributed by atoms with Crippen molar-refractivity contribution in [2.24, 2.45) is 0 Å². The maximum Gasteiger partial charge on any atom is 0.160 e. The van der Waals surface area contributed by atoms with Gasteiger partial charge in [0.1, 0.15) is 5.69 Å². The van der Waals surface area contributed by atoms with Crippen LogP contribution in [0.1, 0.15) is 17.0 Å². The molecular formula is C14H9F2N. The fourth-order valence-electron chi connectivity index (χ4n) is 1.32. The molecule has 0 saturated heterocycles. The number of hydrogen-bond acceptors (Lipinski definition) is 1. The summed E-state index contributed by atoms with van der Waals surface area (Å²) >= 11 is 0. The van der Waals surface area contributed by atoms with E-state index >= 15 is 0 Å². The molecule has 1 heterocycles. The van der Waals surface area contributed by atoms with E-state index in [-0.39, 0.29) is 0 Å². The van der Waals surface area contributed by atoms with Gasteiger partial charge >= 0.3 is 0 Å². The van der Waals surface area contributed by atoms with E-state index in [0.717, 1.165) is 17.8 Å². The summed E-state index contributed by atoms with van der Waals surface area (Å²) in [5.74, 6) is 3.77. The van der Waals surface area contributed by atoms with Gasteiger partial charge in [0.05, 0.1) is 0 Å². The Morgan fingerprint density at radius 2 is 1.82 bits per heavy atom. The van der Waals surface area contributed by atoms with Gasteiger partial charge in [0, 0.05) is 11.3 Å². The first-order valence-electron chi connectivity index (χ1n) is 5.06. The van der Waals surface area contributed by atoms with Gasteiger partial charge in [-0.2, -0.15) is 0 Å². The Kier molecular flexibility index (Phi) is 3.15. The van der Waals surface area contributed by atoms with Crippen LogP contribution in [-0.4, -0.2) is 4.98 Å². The fraction of sp³-hybridized carbons (Fsp3) is 0.0714. The molecule has 2 rings (SSSR count). The molecule has 2 aromatic rings. The van der Waals surface area contributed by atoms with E-state index in [0.29, 0.717) is 11.3 Å². The van der Waals surface area contributed by atoms with Crippen molar-refractivity contribution in [3.05, 3.63) is 65.0 Å². The summed E-state index contributed by atoms with van der Waals surface area (Å²) in [6.45, 7) is 1.86. The van der Waals surface area contributed by atoms with Gasteiger partial charge in [-0.25, -0.2) is 13.8 Å². The lowest BCUT2D eigenvalue weighted by atomic mass is 10.2. The Bertz CT molecular complexity index is 609. The molecular weight excluding hydrogens is 220 g/mol. The summed E-state index contributed by atoms with van der Waals surface area (Å²) in [6.07, 6.45) is 0. The molecule has 84 valence electrons. The average molecular weight is 229 g/mol. The van der Waals surface area contributed by atoms with Crippen molar-refractivity contribution in [1.82, 2.24) is 4.98 Å². The van der Waals surface area contributed by atoms with Crippen LogP contribution in [0.4, 0.5) is 8.78 Å². The second-order valence-corrected chi connectivity index (χ2v) is 3.54. The topological polar surface area (TPSA) is 12.9 Å². The zero-order valence-electron chi connectivity index (χ0n) is 9.17. The number of aromatic nitrogens is 1. The molecule has 0 unspecified atom stereocenters. The van der Waals surface area contributed by atoms with Crippen molar-refractivity contribution in [3.8, 4) is 11.8 Å². The number of aryl methyl sites for hydroxylation is 1. The smallest absolute Gasteiger partial charge is 0.160 e. The van der Waals surface area contributed by atoms with Gasteiger partial charge in [0.2, 0.25) is 0 Å². The zero-order chi connectivity index (χ0) is 12.3. The SMILES string of the molecule is Cc1cccc(C#Cc2ccc(F)c(F)c2)n1. The summed E-state index contributed by atoms with van der Waals surface area (Å²) in [7, 11) is 0. The minimum atomic E-state index is -0.894. The van der Waals surface area contributed by atoms with Crippen molar-refractivity contribution in [1.29, 1.82) is 0 Å². The van der Waals surface area contributed by atoms with E-state index in [1.165, 1.54) is 6.07 Å². The predicted molar refractivity (Wildman–Crippen MR) is 61.3 cm³/mol. The standard InChI is InChI=1S/C14H9F2N/c1-10-3-2-4-12(17-10)7-5-11-6-8-13(15)14(16)9-11/h2-4,6,8-9H,1H3. The summed E-state index contributed by atoms with van der Waals surface area (Å²) in [5, 5.41) is 0. The van der Waals surface area contributed by atoms with Crippen molar-refractivity contribution in [3.63, 3.8) is 0 Å². The van der Waals surface area contributed by atoms with Gasteiger partial charge in [0.15, 0.2) is 11.6 Å². The van der Waals surface area contributed by atoms with Crippen LogP contribution in [-0.2, 0) is 0 Å². The monoisotopic (exact) mass is 229 g/mol. The zero-order valence-corrected chi connectivity index (χ0v) is 9.17. The van der Waals surface area contributed by atoms with Crippen molar-refractivity contribution in [2.75, 3.05) is 0 Å². The van der Waals surface area contributed by atoms with Gasteiger partial charge < -0.3 is 0 Å². The van der Waals surface area contributed by atoms with Gasteiger partial charge in [0.25, 0.3) is 0 Å². The van der Waals surface area contributed by atoms with Crippen LogP contribution in [0.2, 0.25) is 0 Å². The molecule has 1 aromatic heterocycles. The summed E-state index contributed by atoms with van der Waals surface area (Å²) < 4.78 is 25.6. The highest BCUT2D eigenvalue weighted by atomic mass is 19.2. The second kappa shape index (κ2) is 4.75. The Morgan fingerprint density at radius 3 is 2.53 bits per heavy atom.